The number of nitrogens with zero attached hydrogens (tertiary/aromatic N) is 3. The summed E-state index contributed by atoms with van der Waals surface area (Å²) < 4.78 is 25.4. The molecule has 0 spiro atoms. The summed E-state index contributed by atoms with van der Waals surface area (Å²) in [5.41, 5.74) is 5.94. The number of hydrogen-bond acceptors (Lipinski definition) is 6. The highest BCUT2D eigenvalue weighted by molar-refractivity contribution is 7.91. The van der Waals surface area contributed by atoms with Gasteiger partial charge in [0.2, 0.25) is 0 Å². The van der Waals surface area contributed by atoms with Gasteiger partial charge in [0.15, 0.2) is 15.6 Å². The van der Waals surface area contributed by atoms with E-state index < -0.39 is 9.84 Å². The van der Waals surface area contributed by atoms with Crippen molar-refractivity contribution in [2.45, 2.75) is 64.2 Å². The highest BCUT2D eigenvalue weighted by Crippen LogP contribution is 2.39. The van der Waals surface area contributed by atoms with Gasteiger partial charge >= 0.3 is 0 Å². The molecule has 7 nitrogen and oxygen atoms in total. The number of fused-ring (bicyclic) bond motifs is 3. The van der Waals surface area contributed by atoms with E-state index in [1.54, 1.807) is 25.1 Å². The molecule has 224 valence electrons. The number of unbranched alkanes of at least 4 members (excludes halogenated alkanes) is 4. The van der Waals surface area contributed by atoms with Crippen LogP contribution in [0.2, 0.25) is 0 Å². The van der Waals surface area contributed by atoms with Crippen LogP contribution in [0, 0.1) is 13.8 Å². The number of sulfone groups is 1. The number of nitrogens with one attached hydrogen (secondary N) is 1. The second-order valence-corrected chi connectivity index (χ2v) is 14.2. The van der Waals surface area contributed by atoms with Crippen molar-refractivity contribution < 1.29 is 13.2 Å². The molecule has 0 atom stereocenters. The van der Waals surface area contributed by atoms with E-state index in [1.165, 1.54) is 32.5 Å². The SMILES string of the molecule is CCS(=O)(=O)c1cccc(-c2cc(C(=O)CCCCCCCN3CCN(C)CC3)c(C)c3[nH]c4ncc(C)cc4c23)c1. The van der Waals surface area contributed by atoms with Gasteiger partial charge in [0, 0.05) is 55.1 Å². The zero-order valence-electron chi connectivity index (χ0n) is 25.5. The van der Waals surface area contributed by atoms with Crippen molar-refractivity contribution in [2.24, 2.45) is 0 Å². The third-order valence-corrected chi connectivity index (χ3v) is 10.5. The predicted octanol–water partition coefficient (Wildman–Crippen LogP) is 6.56. The average molecular weight is 589 g/mol. The Labute approximate surface area is 250 Å². The molecule has 0 saturated carbocycles. The largest absolute Gasteiger partial charge is 0.339 e. The lowest BCUT2D eigenvalue weighted by Crippen LogP contribution is -2.44. The maximum Gasteiger partial charge on any atom is 0.178 e. The maximum absolute atomic E-state index is 13.6. The van der Waals surface area contributed by atoms with Crippen molar-refractivity contribution in [3.05, 3.63) is 59.3 Å². The summed E-state index contributed by atoms with van der Waals surface area (Å²) in [6.45, 7) is 11.5. The molecule has 0 aliphatic carbocycles. The van der Waals surface area contributed by atoms with Crippen LogP contribution < -0.4 is 0 Å². The number of carbonyl (C=O) groups excluding carboxylic acids is 1. The minimum absolute atomic E-state index is 0.0373. The van der Waals surface area contributed by atoms with E-state index in [0.717, 1.165) is 76.5 Å². The quantitative estimate of drug-likeness (QED) is 0.149. The van der Waals surface area contributed by atoms with E-state index in [2.05, 4.69) is 32.9 Å². The molecule has 2 aromatic heterocycles. The molecule has 42 heavy (non-hydrogen) atoms. The Hall–Kier alpha value is -3.07. The van der Waals surface area contributed by atoms with E-state index in [4.69, 9.17) is 0 Å². The van der Waals surface area contributed by atoms with Crippen LogP contribution in [0.25, 0.3) is 33.1 Å². The Balaban J connectivity index is 1.35. The van der Waals surface area contributed by atoms with Crippen molar-refractivity contribution >= 4 is 37.6 Å². The lowest BCUT2D eigenvalue weighted by Gasteiger charge is -2.32. The number of pyridine rings is 1. The number of aryl methyl sites for hydroxylation is 2. The molecule has 3 heterocycles. The van der Waals surface area contributed by atoms with Crippen LogP contribution in [0.1, 0.15) is 66.9 Å². The van der Waals surface area contributed by atoms with Gasteiger partial charge < -0.3 is 14.8 Å². The molecule has 5 rings (SSSR count). The Morgan fingerprint density at radius 1 is 0.976 bits per heavy atom. The lowest BCUT2D eigenvalue weighted by atomic mass is 9.91. The summed E-state index contributed by atoms with van der Waals surface area (Å²) in [7, 11) is -1.19. The second kappa shape index (κ2) is 13.1. The first-order valence-electron chi connectivity index (χ1n) is 15.4. The number of H-pyrrole nitrogens is 1. The molecule has 1 aliphatic rings. The number of aromatic amines is 1. The number of likely N-dealkylation sites (N-methyl/N-ethyl adjacent to an activating group) is 1. The van der Waals surface area contributed by atoms with Crippen molar-refractivity contribution in [3.63, 3.8) is 0 Å². The molecule has 1 fully saturated rings. The molecule has 1 saturated heterocycles. The Bertz CT molecular complexity index is 1680. The number of ketones is 1. The highest BCUT2D eigenvalue weighted by atomic mass is 32.2. The van der Waals surface area contributed by atoms with Gasteiger partial charge in [0.05, 0.1) is 16.2 Å². The fourth-order valence-electron chi connectivity index (χ4n) is 6.09. The van der Waals surface area contributed by atoms with Crippen LogP contribution in [0.15, 0.2) is 47.5 Å². The Kier molecular flexibility index (Phi) is 9.45. The van der Waals surface area contributed by atoms with Gasteiger partial charge in [-0.15, -0.1) is 0 Å². The molecule has 2 aromatic carbocycles. The Morgan fingerprint density at radius 2 is 1.71 bits per heavy atom. The lowest BCUT2D eigenvalue weighted by molar-refractivity contribution is 0.0978. The second-order valence-electron chi connectivity index (χ2n) is 11.9. The summed E-state index contributed by atoms with van der Waals surface area (Å²) >= 11 is 0. The van der Waals surface area contributed by atoms with E-state index >= 15 is 0 Å². The summed E-state index contributed by atoms with van der Waals surface area (Å²) in [4.78, 5) is 27.0. The number of hydrogen-bond donors (Lipinski definition) is 1. The topological polar surface area (TPSA) is 86.4 Å². The molecule has 8 heteroatoms. The minimum atomic E-state index is -3.37. The average Bonchev–Trinajstić information content (AvgIpc) is 3.37. The maximum atomic E-state index is 13.6. The molecular formula is C34H44N4O3S. The fraction of sp³-hybridized carbons (Fsp3) is 0.471. The number of piperazine rings is 1. The summed E-state index contributed by atoms with van der Waals surface area (Å²) in [6, 6.07) is 11.2. The van der Waals surface area contributed by atoms with Gasteiger partial charge in [0.25, 0.3) is 0 Å². The van der Waals surface area contributed by atoms with Crippen LogP contribution in [0.4, 0.5) is 0 Å². The number of Topliss-reactive ketones (excluding diaryl/α,β-unsaturated/α-hetero) is 1. The van der Waals surface area contributed by atoms with E-state index in [0.29, 0.717) is 16.9 Å². The van der Waals surface area contributed by atoms with E-state index in [-0.39, 0.29) is 11.5 Å². The Morgan fingerprint density at radius 3 is 2.48 bits per heavy atom. The number of benzene rings is 2. The van der Waals surface area contributed by atoms with Gasteiger partial charge in [0.1, 0.15) is 5.65 Å². The molecule has 0 amide bonds. The van der Waals surface area contributed by atoms with Crippen molar-refractivity contribution in [3.8, 4) is 11.1 Å². The molecule has 0 unspecified atom stereocenters. The molecular weight excluding hydrogens is 544 g/mol. The number of carbonyl (C=O) groups is 1. The van der Waals surface area contributed by atoms with Crippen molar-refractivity contribution in [1.29, 1.82) is 0 Å². The molecule has 1 aliphatic heterocycles. The van der Waals surface area contributed by atoms with E-state index in [1.807, 2.05) is 32.2 Å². The number of aromatic nitrogens is 2. The van der Waals surface area contributed by atoms with Crippen LogP contribution >= 0.6 is 0 Å². The monoisotopic (exact) mass is 588 g/mol. The highest BCUT2D eigenvalue weighted by Gasteiger charge is 2.21. The van der Waals surface area contributed by atoms with Gasteiger partial charge in [-0.3, -0.25) is 4.79 Å². The van der Waals surface area contributed by atoms with E-state index in [9.17, 15) is 13.2 Å². The zero-order valence-corrected chi connectivity index (χ0v) is 26.3. The standard InChI is InChI=1S/C34H44N4O3S/c1-5-42(40,41)27-13-11-12-26(21-27)29-22-28(25(3)33-32(29)30-20-24(2)23-35-34(30)36-33)31(39)14-9-7-6-8-10-15-38-18-16-37(4)17-19-38/h11-13,20-23H,5-10,14-19H2,1-4H3,(H,35,36). The summed E-state index contributed by atoms with van der Waals surface area (Å²) in [5, 5.41) is 1.95. The van der Waals surface area contributed by atoms with Crippen LogP contribution in [-0.4, -0.2) is 79.5 Å². The molecule has 0 bridgehead atoms. The predicted molar refractivity (Wildman–Crippen MR) is 172 cm³/mol. The minimum Gasteiger partial charge on any atom is -0.339 e. The summed E-state index contributed by atoms with van der Waals surface area (Å²) in [5.74, 6) is 0.170. The first kappa shape index (κ1) is 30.4. The van der Waals surface area contributed by atoms with Gasteiger partial charge in [-0.1, -0.05) is 38.3 Å². The van der Waals surface area contributed by atoms with Crippen LogP contribution in [0.5, 0.6) is 0 Å². The third kappa shape index (κ3) is 6.61. The fourth-order valence-corrected chi connectivity index (χ4v) is 7.02. The first-order valence-corrected chi connectivity index (χ1v) is 17.0. The first-order chi connectivity index (χ1) is 20.2. The van der Waals surface area contributed by atoms with Crippen LogP contribution in [0.3, 0.4) is 0 Å². The van der Waals surface area contributed by atoms with Crippen molar-refractivity contribution in [2.75, 3.05) is 45.5 Å². The smallest absolute Gasteiger partial charge is 0.178 e. The van der Waals surface area contributed by atoms with Gasteiger partial charge in [-0.05, 0) is 86.8 Å². The number of rotatable bonds is 12. The summed E-state index contributed by atoms with van der Waals surface area (Å²) in [6.07, 6.45) is 7.83. The molecule has 0 radical (unpaired) electrons. The van der Waals surface area contributed by atoms with Crippen molar-refractivity contribution in [1.82, 2.24) is 19.8 Å². The van der Waals surface area contributed by atoms with Crippen LogP contribution in [-0.2, 0) is 9.84 Å². The molecule has 4 aromatic rings. The third-order valence-electron chi connectivity index (χ3n) is 8.78. The van der Waals surface area contributed by atoms with Gasteiger partial charge in [-0.2, -0.15) is 0 Å². The normalized spacial score (nSPS) is 15.1. The zero-order chi connectivity index (χ0) is 29.9. The van der Waals surface area contributed by atoms with Gasteiger partial charge in [-0.25, -0.2) is 13.4 Å². The molecule has 1 N–H and O–H groups in total.